The molecule has 11 N–H and O–H groups in total. The number of likely N-dealkylation sites (N-methyl/N-ethyl adjacent to an activating group) is 1. The van der Waals surface area contributed by atoms with E-state index < -0.39 is 102 Å². The number of esters is 1. The zero-order valence-corrected chi connectivity index (χ0v) is 62.8. The Labute approximate surface area is 619 Å². The van der Waals surface area contributed by atoms with Gasteiger partial charge in [0.1, 0.15) is 47.8 Å². The van der Waals surface area contributed by atoms with Gasteiger partial charge in [0, 0.05) is 48.8 Å². The number of anilines is 1. The molecule has 1 aliphatic carbocycles. The topological polar surface area (TPSA) is 369 Å². The SMILES string of the molecule is CCCCCCON(C(=O)[C@@H](NC(=O)[C@H]1CCCCN1C)[C@@H](C)CC)[C@H](C[C@@H](OC(C)=O)c1nc(C(=O)N[C@@H](Cc2ccc(O)cc2)C[C@H](C)C(=O)NNC(=O)OCc2ccc(NC(=O)[C@H](CCCNC(N)=O)NC(=O)[C@@H](NC(=O)OCC3c4ccccc4-c4ccccc43)C(C)C)cc2)cs1)C(C)C. The molecule has 2 aliphatic rings. The fourth-order valence-electron chi connectivity index (χ4n) is 12.9. The number of aromatic hydroxyl groups is 1. The Kier molecular flexibility index (Phi) is 32.4. The number of phenols is 1. The van der Waals surface area contributed by atoms with E-state index in [4.69, 9.17) is 29.8 Å². The first-order valence-corrected chi connectivity index (χ1v) is 37.4. The van der Waals surface area contributed by atoms with E-state index in [1.165, 1.54) is 29.5 Å². The lowest BCUT2D eigenvalue weighted by atomic mass is 9.93. The van der Waals surface area contributed by atoms with E-state index in [-0.39, 0.29) is 105 Å². The summed E-state index contributed by atoms with van der Waals surface area (Å²) in [6.07, 6.45) is 4.46. The lowest BCUT2D eigenvalue weighted by Crippen LogP contribution is -2.58. The molecular formula is C77H106N12O15S. The first-order chi connectivity index (χ1) is 50.2. The van der Waals surface area contributed by atoms with Crippen LogP contribution in [0.25, 0.3) is 11.1 Å². The van der Waals surface area contributed by atoms with Crippen molar-refractivity contribution in [1.82, 2.24) is 52.4 Å². The number of hydroxylamine groups is 2. The number of phenolic OH excluding ortho intramolecular Hbond substituents is 1. The second kappa shape index (κ2) is 41.1. The number of primary amides is 1. The summed E-state index contributed by atoms with van der Waals surface area (Å²) >= 11 is 1.09. The van der Waals surface area contributed by atoms with Crippen molar-refractivity contribution < 1.29 is 72.1 Å². The van der Waals surface area contributed by atoms with E-state index in [1.54, 1.807) is 57.2 Å². The molecule has 1 aromatic heterocycles. The first kappa shape index (κ1) is 82.6. The number of nitrogens with one attached hydrogen (secondary N) is 8. The van der Waals surface area contributed by atoms with Crippen LogP contribution in [-0.2, 0) is 60.8 Å². The van der Waals surface area contributed by atoms with Gasteiger partial charge < -0.3 is 57.0 Å². The van der Waals surface area contributed by atoms with Crippen LogP contribution in [0.4, 0.5) is 20.1 Å². The molecule has 4 aromatic carbocycles. The largest absolute Gasteiger partial charge is 0.508 e. The minimum atomic E-state index is -1.14. The van der Waals surface area contributed by atoms with Gasteiger partial charge in [-0.25, -0.2) is 29.9 Å². The minimum absolute atomic E-state index is 0.00432. The number of hydrogen-bond acceptors (Lipinski definition) is 18. The van der Waals surface area contributed by atoms with Gasteiger partial charge in [-0.3, -0.25) is 48.7 Å². The number of alkyl carbamates (subject to hydrolysis) is 1. The van der Waals surface area contributed by atoms with E-state index in [1.807, 2.05) is 88.2 Å². The van der Waals surface area contributed by atoms with Crippen LogP contribution in [-0.4, -0.2) is 149 Å². The number of thiazole rings is 1. The van der Waals surface area contributed by atoms with Gasteiger partial charge in [-0.1, -0.05) is 160 Å². The molecule has 105 heavy (non-hydrogen) atoms. The fraction of sp³-hybridized carbons (Fsp3) is 0.519. The van der Waals surface area contributed by atoms with Gasteiger partial charge in [-0.05, 0) is 134 Å². The molecule has 10 amide bonds. The number of aromatic nitrogens is 1. The number of unbranched alkanes of at least 4 members (excludes halogenated alkanes) is 3. The third-order valence-electron chi connectivity index (χ3n) is 19.0. The summed E-state index contributed by atoms with van der Waals surface area (Å²) in [7, 11) is 1.92. The van der Waals surface area contributed by atoms with Crippen molar-refractivity contribution >= 4 is 76.7 Å². The standard InChI is InChI=1S/C77H106N12O15S/c1-11-13-14-21-39-103-89(74(97)67(48(7)12-2)84-71(95)63-28-19-20-38-88(63)10)64(46(3)4)42-65(104-50(9)90)73-83-62(45-105-73)70(94)81-54(41-51-31-35-55(91)36-32-51)40-49(8)68(92)86-87-77(100)101-43-52-29-33-53(34-30-52)80-69(93)61(27-22-37-79-75(78)98)82-72(96)66(47(5)6)85-76(99)102-44-60-58-25-17-15-23-56(58)57-24-16-18-26-59(57)60/h15-18,23-26,29-36,45-49,54,60-61,63-67,91H,11-14,19-22,27-28,37-44H2,1-10H3,(H,80,93)(H,81,94)(H,82,96)(H,84,95)(H,85,99)(H,86,92)(H,87,100)(H3,78,79,98)/t48-,49-,54+,61-,63+,64+,65+,66-,67-/m0/s1. The highest BCUT2D eigenvalue weighted by molar-refractivity contribution is 7.09. The quantitative estimate of drug-likeness (QED) is 0.00760. The molecule has 0 bridgehead atoms. The van der Waals surface area contributed by atoms with Gasteiger partial charge in [0.25, 0.3) is 11.8 Å². The normalized spacial score (nSPS) is 15.7. The molecule has 0 saturated carbocycles. The summed E-state index contributed by atoms with van der Waals surface area (Å²) in [5.41, 5.74) is 15.6. The number of likely N-dealkylation sites (tertiary alicyclic amines) is 1. The number of fused-ring (bicyclic) bond motifs is 3. The van der Waals surface area contributed by atoms with E-state index in [0.29, 0.717) is 30.5 Å². The Morgan fingerprint density at radius 1 is 0.714 bits per heavy atom. The summed E-state index contributed by atoms with van der Waals surface area (Å²) in [4.78, 5) is 149. The molecule has 27 nitrogen and oxygen atoms in total. The van der Waals surface area contributed by atoms with Crippen LogP contribution in [0, 0.1) is 23.7 Å². The number of piperidine rings is 1. The molecule has 1 saturated heterocycles. The number of nitrogens with zero attached hydrogens (tertiary/aromatic N) is 3. The lowest BCUT2D eigenvalue weighted by Gasteiger charge is -2.39. The molecule has 2 heterocycles. The molecule has 0 unspecified atom stereocenters. The van der Waals surface area contributed by atoms with Gasteiger partial charge in [0.15, 0.2) is 6.10 Å². The Bertz CT molecular complexity index is 3680. The van der Waals surface area contributed by atoms with Crippen molar-refractivity contribution in [3.8, 4) is 16.9 Å². The van der Waals surface area contributed by atoms with E-state index in [0.717, 1.165) is 77.8 Å². The molecule has 5 aromatic rings. The zero-order chi connectivity index (χ0) is 76.3. The number of benzene rings is 4. The summed E-state index contributed by atoms with van der Waals surface area (Å²) in [5.74, 6) is -5.67. The number of carbonyl (C=O) groups excluding carboxylic acids is 10. The Morgan fingerprint density at radius 3 is 2.02 bits per heavy atom. The van der Waals surface area contributed by atoms with Gasteiger partial charge in [-0.15, -0.1) is 11.3 Å². The molecule has 0 radical (unpaired) electrons. The summed E-state index contributed by atoms with van der Waals surface area (Å²) in [6.45, 7) is 17.1. The van der Waals surface area contributed by atoms with E-state index in [2.05, 4.69) is 49.7 Å². The zero-order valence-electron chi connectivity index (χ0n) is 62.0. The lowest BCUT2D eigenvalue weighted by molar-refractivity contribution is -0.213. The molecule has 1 aliphatic heterocycles. The highest BCUT2D eigenvalue weighted by atomic mass is 32.1. The summed E-state index contributed by atoms with van der Waals surface area (Å²) < 4.78 is 17.1. The molecule has 28 heteroatoms. The fourth-order valence-corrected chi connectivity index (χ4v) is 13.7. The number of hydrazine groups is 1. The van der Waals surface area contributed by atoms with Gasteiger partial charge >= 0.3 is 24.2 Å². The van der Waals surface area contributed by atoms with Gasteiger partial charge in [0.05, 0.1) is 18.7 Å². The monoisotopic (exact) mass is 1470 g/mol. The smallest absolute Gasteiger partial charge is 0.426 e. The van der Waals surface area contributed by atoms with Crippen LogP contribution in [0.5, 0.6) is 5.75 Å². The number of urea groups is 1. The van der Waals surface area contributed by atoms with Crippen LogP contribution in [0.3, 0.4) is 0 Å². The van der Waals surface area contributed by atoms with Crippen LogP contribution in [0.15, 0.2) is 102 Å². The van der Waals surface area contributed by atoms with Crippen LogP contribution < -0.4 is 48.5 Å². The third-order valence-corrected chi connectivity index (χ3v) is 20.0. The summed E-state index contributed by atoms with van der Waals surface area (Å²) in [5, 5.41) is 30.1. The Hall–Kier alpha value is -9.67. The Morgan fingerprint density at radius 2 is 1.39 bits per heavy atom. The second-order valence-electron chi connectivity index (χ2n) is 27.9. The molecule has 7 rings (SSSR count). The molecule has 570 valence electrons. The number of nitrogens with two attached hydrogens (primary N) is 1. The predicted octanol–water partition coefficient (Wildman–Crippen LogP) is 9.98. The van der Waals surface area contributed by atoms with Crippen molar-refractivity contribution in [3.05, 3.63) is 135 Å². The van der Waals surface area contributed by atoms with Crippen LogP contribution in [0.1, 0.15) is 189 Å². The maximum absolute atomic E-state index is 15.0. The van der Waals surface area contributed by atoms with Crippen LogP contribution in [0.2, 0.25) is 0 Å². The first-order valence-electron chi connectivity index (χ1n) is 36.5. The number of carbonyl (C=O) groups is 10. The van der Waals surface area contributed by atoms with Crippen molar-refractivity contribution in [2.45, 2.75) is 201 Å². The average Bonchev–Trinajstić information content (AvgIpc) is 1.62. The van der Waals surface area contributed by atoms with Crippen molar-refractivity contribution in [2.75, 3.05) is 38.7 Å². The molecular weight excluding hydrogens is 1360 g/mol. The van der Waals surface area contributed by atoms with Crippen molar-refractivity contribution in [3.63, 3.8) is 0 Å². The highest BCUT2D eigenvalue weighted by Gasteiger charge is 2.41. The average molecular weight is 1470 g/mol. The number of hydrogen-bond donors (Lipinski definition) is 10. The van der Waals surface area contributed by atoms with Crippen LogP contribution >= 0.6 is 11.3 Å². The van der Waals surface area contributed by atoms with Gasteiger partial charge in [-0.2, -0.15) is 0 Å². The molecule has 9 atom stereocenters. The third kappa shape index (κ3) is 25.0. The predicted molar refractivity (Wildman–Crippen MR) is 397 cm³/mol. The van der Waals surface area contributed by atoms with Crippen molar-refractivity contribution in [2.24, 2.45) is 29.4 Å². The van der Waals surface area contributed by atoms with Gasteiger partial charge in [0.2, 0.25) is 23.6 Å². The number of rotatable bonds is 38. The van der Waals surface area contributed by atoms with E-state index in [9.17, 15) is 48.3 Å². The Balaban J connectivity index is 0.942. The molecule has 1 fully saturated rings. The van der Waals surface area contributed by atoms with E-state index >= 15 is 4.79 Å². The second-order valence-corrected chi connectivity index (χ2v) is 28.8. The number of ether oxygens (including phenoxy) is 3. The minimum Gasteiger partial charge on any atom is -0.508 e. The maximum Gasteiger partial charge on any atom is 0.426 e. The highest BCUT2D eigenvalue weighted by Crippen LogP contribution is 2.44. The summed E-state index contributed by atoms with van der Waals surface area (Å²) in [6, 6.07) is 22.8. The molecule has 0 spiro atoms. The maximum atomic E-state index is 15.0. The van der Waals surface area contributed by atoms with Crippen molar-refractivity contribution in [1.29, 1.82) is 0 Å². The number of amides is 10.